The number of aromatic nitrogens is 1. The largest absolute Gasteiger partial charge is 0.438 e. The van der Waals surface area contributed by atoms with E-state index in [0.29, 0.717) is 11.6 Å². The molecule has 0 fully saturated rings. The molecule has 1 aromatic carbocycles. The third-order valence-corrected chi connectivity index (χ3v) is 2.88. The molecule has 20 heavy (non-hydrogen) atoms. The van der Waals surface area contributed by atoms with Crippen LogP contribution in [0.2, 0.25) is 0 Å². The van der Waals surface area contributed by atoms with Gasteiger partial charge in [-0.1, -0.05) is 0 Å². The van der Waals surface area contributed by atoms with Gasteiger partial charge in [-0.3, -0.25) is 10.1 Å². The SMILES string of the molecule is Cc1ccc([N+](=O)[O-])cc1Oc1cc(C(C)N)ccn1. The van der Waals surface area contributed by atoms with Crippen molar-refractivity contribution in [3.63, 3.8) is 0 Å². The molecule has 1 atom stereocenters. The molecule has 1 aromatic heterocycles. The maximum Gasteiger partial charge on any atom is 0.273 e. The van der Waals surface area contributed by atoms with E-state index in [-0.39, 0.29) is 11.7 Å². The van der Waals surface area contributed by atoms with Crippen molar-refractivity contribution in [2.45, 2.75) is 19.9 Å². The first-order chi connectivity index (χ1) is 9.47. The van der Waals surface area contributed by atoms with Crippen molar-refractivity contribution in [2.24, 2.45) is 5.73 Å². The van der Waals surface area contributed by atoms with Crippen LogP contribution in [0.4, 0.5) is 5.69 Å². The molecular weight excluding hydrogens is 258 g/mol. The van der Waals surface area contributed by atoms with Crippen LogP contribution in [0.5, 0.6) is 11.6 Å². The molecular formula is C14H15N3O3. The van der Waals surface area contributed by atoms with E-state index >= 15 is 0 Å². The van der Waals surface area contributed by atoms with Crippen LogP contribution in [0.3, 0.4) is 0 Å². The normalized spacial score (nSPS) is 11.9. The predicted octanol–water partition coefficient (Wildman–Crippen LogP) is 3.11. The molecule has 6 heteroatoms. The number of hydrogen-bond acceptors (Lipinski definition) is 5. The Bertz CT molecular complexity index is 641. The lowest BCUT2D eigenvalue weighted by Crippen LogP contribution is -2.05. The zero-order valence-electron chi connectivity index (χ0n) is 11.2. The number of hydrogen-bond donors (Lipinski definition) is 1. The molecule has 0 aliphatic carbocycles. The summed E-state index contributed by atoms with van der Waals surface area (Å²) in [7, 11) is 0. The van der Waals surface area contributed by atoms with Gasteiger partial charge in [0.2, 0.25) is 5.88 Å². The average molecular weight is 273 g/mol. The first kappa shape index (κ1) is 14.0. The second-order valence-electron chi connectivity index (χ2n) is 4.53. The highest BCUT2D eigenvalue weighted by molar-refractivity contribution is 5.45. The Morgan fingerprint density at radius 3 is 2.75 bits per heavy atom. The van der Waals surface area contributed by atoms with Crippen molar-refractivity contribution in [1.82, 2.24) is 4.98 Å². The fraction of sp³-hybridized carbons (Fsp3) is 0.214. The fourth-order valence-electron chi connectivity index (χ4n) is 1.69. The zero-order chi connectivity index (χ0) is 14.7. The topological polar surface area (TPSA) is 91.3 Å². The molecule has 2 aromatic rings. The lowest BCUT2D eigenvalue weighted by Gasteiger charge is -2.10. The molecule has 0 aliphatic heterocycles. The minimum absolute atomic E-state index is 0.0195. The van der Waals surface area contributed by atoms with Gasteiger partial charge in [-0.25, -0.2) is 4.98 Å². The Labute approximate surface area is 116 Å². The molecule has 0 radical (unpaired) electrons. The van der Waals surface area contributed by atoms with E-state index in [0.717, 1.165) is 11.1 Å². The summed E-state index contributed by atoms with van der Waals surface area (Å²) in [6.45, 7) is 3.67. The lowest BCUT2D eigenvalue weighted by atomic mass is 10.1. The summed E-state index contributed by atoms with van der Waals surface area (Å²) in [5, 5.41) is 10.8. The number of ether oxygens (including phenoxy) is 1. The Morgan fingerprint density at radius 1 is 1.35 bits per heavy atom. The number of pyridine rings is 1. The van der Waals surface area contributed by atoms with Crippen molar-refractivity contribution >= 4 is 5.69 Å². The monoisotopic (exact) mass is 273 g/mol. The third-order valence-electron chi connectivity index (χ3n) is 2.88. The molecule has 0 amide bonds. The summed E-state index contributed by atoms with van der Waals surface area (Å²) in [5.74, 6) is 0.775. The van der Waals surface area contributed by atoms with E-state index < -0.39 is 4.92 Å². The summed E-state index contributed by atoms with van der Waals surface area (Å²) in [6, 6.07) is 7.86. The van der Waals surface area contributed by atoms with Crippen LogP contribution in [-0.2, 0) is 0 Å². The third kappa shape index (κ3) is 3.10. The van der Waals surface area contributed by atoms with E-state index in [1.54, 1.807) is 24.4 Å². The second kappa shape index (κ2) is 5.66. The molecule has 0 saturated heterocycles. The van der Waals surface area contributed by atoms with Gasteiger partial charge in [0.15, 0.2) is 0 Å². The van der Waals surface area contributed by atoms with Crippen molar-refractivity contribution in [3.05, 3.63) is 57.8 Å². The standard InChI is InChI=1S/C14H15N3O3/c1-9-3-4-12(17(18)19)8-13(9)20-14-7-11(10(2)15)5-6-16-14/h3-8,10H,15H2,1-2H3. The van der Waals surface area contributed by atoms with Crippen molar-refractivity contribution < 1.29 is 9.66 Å². The Balaban J connectivity index is 2.32. The van der Waals surface area contributed by atoms with Gasteiger partial charge in [-0.2, -0.15) is 0 Å². The van der Waals surface area contributed by atoms with E-state index in [1.165, 1.54) is 12.1 Å². The highest BCUT2D eigenvalue weighted by Gasteiger charge is 2.11. The summed E-state index contributed by atoms with van der Waals surface area (Å²) in [4.78, 5) is 14.4. The molecule has 6 nitrogen and oxygen atoms in total. The Hall–Kier alpha value is -2.47. The van der Waals surface area contributed by atoms with Gasteiger partial charge >= 0.3 is 0 Å². The number of nitrogens with zero attached hydrogens (tertiary/aromatic N) is 2. The van der Waals surface area contributed by atoms with Crippen molar-refractivity contribution in [1.29, 1.82) is 0 Å². The molecule has 0 bridgehead atoms. The average Bonchev–Trinajstić information content (AvgIpc) is 2.41. The number of rotatable bonds is 4. The minimum atomic E-state index is -0.460. The highest BCUT2D eigenvalue weighted by atomic mass is 16.6. The fourth-order valence-corrected chi connectivity index (χ4v) is 1.69. The molecule has 104 valence electrons. The van der Waals surface area contributed by atoms with Crippen LogP contribution in [0, 0.1) is 17.0 Å². The van der Waals surface area contributed by atoms with Crippen molar-refractivity contribution in [3.8, 4) is 11.6 Å². The molecule has 2 N–H and O–H groups in total. The number of benzene rings is 1. The molecule has 0 saturated carbocycles. The van der Waals surface area contributed by atoms with Gasteiger partial charge in [-0.05, 0) is 37.1 Å². The minimum Gasteiger partial charge on any atom is -0.438 e. The number of nitro benzene ring substituents is 1. The first-order valence-corrected chi connectivity index (χ1v) is 6.12. The first-order valence-electron chi connectivity index (χ1n) is 6.12. The maximum atomic E-state index is 10.8. The second-order valence-corrected chi connectivity index (χ2v) is 4.53. The van der Waals surface area contributed by atoms with Gasteiger partial charge < -0.3 is 10.5 Å². The summed E-state index contributed by atoms with van der Waals surface area (Å²) >= 11 is 0. The quantitative estimate of drug-likeness (QED) is 0.682. The van der Waals surface area contributed by atoms with E-state index in [4.69, 9.17) is 10.5 Å². The molecule has 1 heterocycles. The van der Waals surface area contributed by atoms with Gasteiger partial charge in [0.05, 0.1) is 11.0 Å². The molecule has 2 rings (SSSR count). The lowest BCUT2D eigenvalue weighted by molar-refractivity contribution is -0.384. The van der Waals surface area contributed by atoms with Crippen LogP contribution >= 0.6 is 0 Å². The van der Waals surface area contributed by atoms with Gasteiger partial charge in [0.25, 0.3) is 5.69 Å². The maximum absolute atomic E-state index is 10.8. The Morgan fingerprint density at radius 2 is 2.10 bits per heavy atom. The number of nitrogens with two attached hydrogens (primary N) is 1. The summed E-state index contributed by atoms with van der Waals surface area (Å²) in [5.41, 5.74) is 7.46. The van der Waals surface area contributed by atoms with Crippen LogP contribution in [0.1, 0.15) is 24.1 Å². The number of non-ortho nitro benzene ring substituents is 1. The molecule has 0 spiro atoms. The zero-order valence-corrected chi connectivity index (χ0v) is 11.2. The molecule has 1 unspecified atom stereocenters. The smallest absolute Gasteiger partial charge is 0.273 e. The van der Waals surface area contributed by atoms with Crippen LogP contribution in [-0.4, -0.2) is 9.91 Å². The van der Waals surface area contributed by atoms with E-state index in [9.17, 15) is 10.1 Å². The van der Waals surface area contributed by atoms with Gasteiger partial charge in [0, 0.05) is 24.4 Å². The van der Waals surface area contributed by atoms with Crippen LogP contribution in [0.15, 0.2) is 36.5 Å². The Kier molecular flexibility index (Phi) is 3.95. The van der Waals surface area contributed by atoms with E-state index in [1.807, 2.05) is 13.8 Å². The van der Waals surface area contributed by atoms with Crippen molar-refractivity contribution in [2.75, 3.05) is 0 Å². The van der Waals surface area contributed by atoms with Crippen LogP contribution < -0.4 is 10.5 Å². The number of aryl methyl sites for hydroxylation is 1. The van der Waals surface area contributed by atoms with Crippen LogP contribution in [0.25, 0.3) is 0 Å². The predicted molar refractivity (Wildman–Crippen MR) is 74.7 cm³/mol. The highest BCUT2D eigenvalue weighted by Crippen LogP contribution is 2.28. The molecule has 0 aliphatic rings. The van der Waals surface area contributed by atoms with E-state index in [2.05, 4.69) is 4.98 Å². The summed E-state index contributed by atoms with van der Waals surface area (Å²) < 4.78 is 5.62. The number of nitro groups is 1. The van der Waals surface area contributed by atoms with Gasteiger partial charge in [0.1, 0.15) is 5.75 Å². The summed E-state index contributed by atoms with van der Waals surface area (Å²) in [6.07, 6.45) is 1.60. The van der Waals surface area contributed by atoms with Gasteiger partial charge in [-0.15, -0.1) is 0 Å².